The quantitative estimate of drug-likeness (QED) is 0.833. The number of hydrogen-bond acceptors (Lipinski definition) is 3. The van der Waals surface area contributed by atoms with E-state index in [-0.39, 0.29) is 0 Å². The molecule has 1 fully saturated rings. The Morgan fingerprint density at radius 1 is 1.40 bits per heavy atom. The highest BCUT2D eigenvalue weighted by atomic mass is 16.5. The summed E-state index contributed by atoms with van der Waals surface area (Å²) in [6.07, 6.45) is 4.97. The molecule has 2 unspecified atom stereocenters. The molecule has 0 bridgehead atoms. The maximum Gasteiger partial charge on any atom is 0.0771 e. The van der Waals surface area contributed by atoms with Crippen LogP contribution < -0.4 is 5.32 Å². The molecule has 0 aromatic carbocycles. The van der Waals surface area contributed by atoms with E-state index >= 15 is 0 Å². The van der Waals surface area contributed by atoms with Gasteiger partial charge in [-0.3, -0.25) is 4.68 Å². The Morgan fingerprint density at radius 3 is 2.80 bits per heavy atom. The maximum atomic E-state index is 5.74. The fourth-order valence-electron chi connectivity index (χ4n) is 3.14. The van der Waals surface area contributed by atoms with E-state index in [1.165, 1.54) is 30.5 Å². The number of ether oxygens (including phenoxy) is 1. The molecule has 0 radical (unpaired) electrons. The lowest BCUT2D eigenvalue weighted by molar-refractivity contribution is 0.0933. The molecular formula is C16H29N3O. The standard InChI is InChI=1S/C16H29N3O/c1-5-9-17-15(6-2)16-12(3)18-19(13(16)4)11-14-8-7-10-20-14/h14-15,17H,5-11H2,1-4H3. The SMILES string of the molecule is CCCNC(CC)c1c(C)nn(CC2CCCO2)c1C. The van der Waals surface area contributed by atoms with Crippen LogP contribution in [0.25, 0.3) is 0 Å². The van der Waals surface area contributed by atoms with Crippen molar-refractivity contribution in [3.8, 4) is 0 Å². The molecule has 1 aliphatic heterocycles. The van der Waals surface area contributed by atoms with Crippen molar-refractivity contribution in [1.82, 2.24) is 15.1 Å². The molecule has 4 nitrogen and oxygen atoms in total. The molecule has 2 heterocycles. The van der Waals surface area contributed by atoms with Gasteiger partial charge in [-0.05, 0) is 46.1 Å². The van der Waals surface area contributed by atoms with Gasteiger partial charge in [-0.25, -0.2) is 0 Å². The van der Waals surface area contributed by atoms with Gasteiger partial charge in [-0.1, -0.05) is 13.8 Å². The molecule has 0 saturated carbocycles. The van der Waals surface area contributed by atoms with Gasteiger partial charge >= 0.3 is 0 Å². The largest absolute Gasteiger partial charge is 0.376 e. The van der Waals surface area contributed by atoms with E-state index in [9.17, 15) is 0 Å². The van der Waals surface area contributed by atoms with E-state index in [1.807, 2.05) is 0 Å². The van der Waals surface area contributed by atoms with Crippen molar-refractivity contribution in [2.24, 2.45) is 0 Å². The predicted molar refractivity (Wildman–Crippen MR) is 82.0 cm³/mol. The predicted octanol–water partition coefficient (Wildman–Crippen LogP) is 3.13. The maximum absolute atomic E-state index is 5.74. The number of rotatable bonds is 7. The van der Waals surface area contributed by atoms with Crippen molar-refractivity contribution in [2.75, 3.05) is 13.2 Å². The van der Waals surface area contributed by atoms with E-state index in [4.69, 9.17) is 9.84 Å². The normalized spacial score (nSPS) is 20.5. The van der Waals surface area contributed by atoms with Crippen molar-refractivity contribution < 1.29 is 4.74 Å². The molecule has 114 valence electrons. The summed E-state index contributed by atoms with van der Waals surface area (Å²) in [4.78, 5) is 0. The first kappa shape index (κ1) is 15.5. The minimum atomic E-state index is 0.351. The molecule has 20 heavy (non-hydrogen) atoms. The summed E-state index contributed by atoms with van der Waals surface area (Å²) in [5, 5.41) is 8.39. The van der Waals surface area contributed by atoms with Crippen LogP contribution in [0, 0.1) is 13.8 Å². The zero-order valence-electron chi connectivity index (χ0n) is 13.4. The van der Waals surface area contributed by atoms with Gasteiger partial charge in [-0.15, -0.1) is 0 Å². The Labute approximate surface area is 122 Å². The highest BCUT2D eigenvalue weighted by Crippen LogP contribution is 2.25. The molecule has 0 aliphatic carbocycles. The highest BCUT2D eigenvalue weighted by molar-refractivity contribution is 5.28. The topological polar surface area (TPSA) is 39.1 Å². The summed E-state index contributed by atoms with van der Waals surface area (Å²) in [5.41, 5.74) is 3.85. The first-order valence-corrected chi connectivity index (χ1v) is 8.06. The number of nitrogens with one attached hydrogen (secondary N) is 1. The van der Waals surface area contributed by atoms with Gasteiger partial charge < -0.3 is 10.1 Å². The van der Waals surface area contributed by atoms with Gasteiger partial charge in [0.15, 0.2) is 0 Å². The highest BCUT2D eigenvalue weighted by Gasteiger charge is 2.22. The van der Waals surface area contributed by atoms with Gasteiger partial charge in [0.25, 0.3) is 0 Å². The zero-order chi connectivity index (χ0) is 14.5. The molecule has 1 saturated heterocycles. The molecule has 1 aromatic rings. The Bertz CT molecular complexity index is 422. The summed E-state index contributed by atoms with van der Waals surface area (Å²) in [7, 11) is 0. The number of nitrogens with zero attached hydrogens (tertiary/aromatic N) is 2. The van der Waals surface area contributed by atoms with Gasteiger partial charge in [0, 0.05) is 23.9 Å². The average molecular weight is 279 g/mol. The third-order valence-corrected chi connectivity index (χ3v) is 4.24. The van der Waals surface area contributed by atoms with Crippen LogP contribution in [0.2, 0.25) is 0 Å². The van der Waals surface area contributed by atoms with E-state index in [0.29, 0.717) is 12.1 Å². The Kier molecular flexibility index (Phi) is 5.61. The van der Waals surface area contributed by atoms with E-state index in [1.54, 1.807) is 0 Å². The van der Waals surface area contributed by atoms with Crippen molar-refractivity contribution in [2.45, 2.75) is 72.1 Å². The molecule has 1 aliphatic rings. The van der Waals surface area contributed by atoms with Crippen LogP contribution >= 0.6 is 0 Å². The molecule has 0 amide bonds. The second-order valence-electron chi connectivity index (χ2n) is 5.82. The summed E-state index contributed by atoms with van der Waals surface area (Å²) in [5.74, 6) is 0. The van der Waals surface area contributed by atoms with Crippen molar-refractivity contribution in [1.29, 1.82) is 0 Å². The Hall–Kier alpha value is -0.870. The van der Waals surface area contributed by atoms with Crippen LogP contribution in [-0.2, 0) is 11.3 Å². The summed E-state index contributed by atoms with van der Waals surface area (Å²) >= 11 is 0. The van der Waals surface area contributed by atoms with Gasteiger partial charge in [0.1, 0.15) is 0 Å². The first-order valence-electron chi connectivity index (χ1n) is 8.06. The minimum absolute atomic E-state index is 0.351. The third-order valence-electron chi connectivity index (χ3n) is 4.24. The molecule has 1 N–H and O–H groups in total. The summed E-state index contributed by atoms with van der Waals surface area (Å²) in [6.45, 7) is 11.6. The minimum Gasteiger partial charge on any atom is -0.376 e. The second kappa shape index (κ2) is 7.23. The van der Waals surface area contributed by atoms with E-state index < -0.39 is 0 Å². The lowest BCUT2D eigenvalue weighted by Gasteiger charge is -2.18. The van der Waals surface area contributed by atoms with Crippen LogP contribution in [0.4, 0.5) is 0 Å². The lowest BCUT2D eigenvalue weighted by Crippen LogP contribution is -2.23. The van der Waals surface area contributed by atoms with E-state index in [2.05, 4.69) is 37.7 Å². The average Bonchev–Trinajstić information content (AvgIpc) is 3.03. The van der Waals surface area contributed by atoms with Crippen LogP contribution in [-0.4, -0.2) is 29.0 Å². The van der Waals surface area contributed by atoms with Crippen LogP contribution in [0.1, 0.15) is 62.5 Å². The monoisotopic (exact) mass is 279 g/mol. The summed E-state index contributed by atoms with van der Waals surface area (Å²) in [6, 6.07) is 0.424. The molecular weight excluding hydrogens is 250 g/mol. The molecule has 0 spiro atoms. The van der Waals surface area contributed by atoms with Crippen molar-refractivity contribution in [3.05, 3.63) is 17.0 Å². The zero-order valence-corrected chi connectivity index (χ0v) is 13.4. The van der Waals surface area contributed by atoms with Crippen molar-refractivity contribution >= 4 is 0 Å². The molecule has 2 rings (SSSR count). The first-order chi connectivity index (χ1) is 9.67. The van der Waals surface area contributed by atoms with Crippen LogP contribution in [0.3, 0.4) is 0 Å². The Morgan fingerprint density at radius 2 is 2.20 bits per heavy atom. The molecule has 4 heteroatoms. The lowest BCUT2D eigenvalue weighted by atomic mass is 10.0. The van der Waals surface area contributed by atoms with Crippen LogP contribution in [0.15, 0.2) is 0 Å². The molecule has 1 aromatic heterocycles. The second-order valence-corrected chi connectivity index (χ2v) is 5.82. The summed E-state index contributed by atoms with van der Waals surface area (Å²) < 4.78 is 7.89. The van der Waals surface area contributed by atoms with Gasteiger partial charge in [0.2, 0.25) is 0 Å². The number of hydrogen-bond donors (Lipinski definition) is 1. The van der Waals surface area contributed by atoms with Gasteiger partial charge in [-0.2, -0.15) is 5.10 Å². The smallest absolute Gasteiger partial charge is 0.0771 e. The number of aryl methyl sites for hydroxylation is 1. The fourth-order valence-corrected chi connectivity index (χ4v) is 3.14. The van der Waals surface area contributed by atoms with E-state index in [0.717, 1.165) is 31.8 Å². The van der Waals surface area contributed by atoms with Crippen molar-refractivity contribution in [3.63, 3.8) is 0 Å². The Balaban J connectivity index is 2.13. The van der Waals surface area contributed by atoms with Gasteiger partial charge in [0.05, 0.1) is 18.3 Å². The fraction of sp³-hybridized carbons (Fsp3) is 0.812. The molecule has 2 atom stereocenters. The number of aromatic nitrogens is 2. The van der Waals surface area contributed by atoms with Crippen LogP contribution in [0.5, 0.6) is 0 Å². The third kappa shape index (κ3) is 3.41.